The van der Waals surface area contributed by atoms with E-state index in [1.165, 1.54) is 11.8 Å². The Morgan fingerprint density at radius 2 is 1.89 bits per heavy atom. The summed E-state index contributed by atoms with van der Waals surface area (Å²) < 4.78 is 0. The second-order valence-electron chi connectivity index (χ2n) is 7.71. The van der Waals surface area contributed by atoms with Crippen LogP contribution < -0.4 is 5.32 Å². The Balaban J connectivity index is 1.80. The van der Waals surface area contributed by atoms with Crippen LogP contribution in [0.25, 0.3) is 6.08 Å². The molecule has 1 aliphatic carbocycles. The van der Waals surface area contributed by atoms with Gasteiger partial charge in [-0.1, -0.05) is 31.2 Å². The molecule has 144 valence electrons. The van der Waals surface area contributed by atoms with Crippen molar-refractivity contribution >= 4 is 23.9 Å². The Hall–Kier alpha value is -2.63. The van der Waals surface area contributed by atoms with Gasteiger partial charge < -0.3 is 15.3 Å². The number of fused-ring (bicyclic) bond motifs is 1. The molecule has 6 nitrogen and oxygen atoms in total. The van der Waals surface area contributed by atoms with Crippen molar-refractivity contribution < 1.29 is 19.5 Å². The molecule has 2 N–H and O–H groups in total. The Bertz CT molecular complexity index is 778. The molecule has 1 aromatic rings. The third-order valence-electron chi connectivity index (χ3n) is 5.76. The summed E-state index contributed by atoms with van der Waals surface area (Å²) in [5.74, 6) is -1.00. The summed E-state index contributed by atoms with van der Waals surface area (Å²) in [5, 5.41) is 12.5. The summed E-state index contributed by atoms with van der Waals surface area (Å²) >= 11 is 0. The standard InChI is InChI=1S/C21H26N2O4/c1-14-7-10-21(11-8-14,20(26)27)22-19(25)13-18-17-6-4-3-5-16(17)9-12-23(18)15(2)24/h3-6,9,12,14,18H,7-8,10-11,13H2,1-2H3,(H,22,25)(H,26,27). The number of carbonyl (C=O) groups excluding carboxylic acids is 2. The van der Waals surface area contributed by atoms with Gasteiger partial charge in [-0.2, -0.15) is 0 Å². The van der Waals surface area contributed by atoms with E-state index in [0.29, 0.717) is 18.8 Å². The fourth-order valence-corrected chi connectivity index (χ4v) is 4.05. The van der Waals surface area contributed by atoms with Gasteiger partial charge in [-0.3, -0.25) is 9.59 Å². The first kappa shape index (κ1) is 19.1. The van der Waals surface area contributed by atoms with E-state index in [4.69, 9.17) is 0 Å². The van der Waals surface area contributed by atoms with Gasteiger partial charge in [0.05, 0.1) is 12.5 Å². The number of rotatable bonds is 4. The van der Waals surface area contributed by atoms with E-state index >= 15 is 0 Å². The SMILES string of the molecule is CC(=O)N1C=Cc2ccccc2C1CC(=O)NC1(C(=O)O)CCC(C)CC1. The maximum atomic E-state index is 12.8. The van der Waals surface area contributed by atoms with Crippen LogP contribution >= 0.6 is 0 Å². The van der Waals surface area contributed by atoms with E-state index < -0.39 is 17.6 Å². The van der Waals surface area contributed by atoms with Crippen molar-refractivity contribution in [2.45, 2.75) is 57.5 Å². The number of carboxylic acids is 1. The summed E-state index contributed by atoms with van der Waals surface area (Å²) in [5.41, 5.74) is 0.661. The molecule has 27 heavy (non-hydrogen) atoms. The third-order valence-corrected chi connectivity index (χ3v) is 5.76. The molecule has 0 spiro atoms. The predicted molar refractivity (Wildman–Crippen MR) is 101 cm³/mol. The highest BCUT2D eigenvalue weighted by atomic mass is 16.4. The van der Waals surface area contributed by atoms with Crippen LogP contribution in [0.1, 0.15) is 63.1 Å². The first-order valence-electron chi connectivity index (χ1n) is 9.43. The molecule has 1 aliphatic heterocycles. The van der Waals surface area contributed by atoms with Crippen molar-refractivity contribution in [3.05, 3.63) is 41.6 Å². The van der Waals surface area contributed by atoms with Crippen molar-refractivity contribution in [2.75, 3.05) is 0 Å². The zero-order valence-corrected chi connectivity index (χ0v) is 15.8. The number of nitrogens with zero attached hydrogens (tertiary/aromatic N) is 1. The van der Waals surface area contributed by atoms with Crippen molar-refractivity contribution in [2.24, 2.45) is 5.92 Å². The number of hydrogen-bond donors (Lipinski definition) is 2. The van der Waals surface area contributed by atoms with Crippen LogP contribution in [-0.2, 0) is 14.4 Å². The number of amides is 2. The lowest BCUT2D eigenvalue weighted by Gasteiger charge is -2.38. The van der Waals surface area contributed by atoms with E-state index in [2.05, 4.69) is 12.2 Å². The Morgan fingerprint density at radius 3 is 2.52 bits per heavy atom. The van der Waals surface area contributed by atoms with Gasteiger partial charge >= 0.3 is 5.97 Å². The number of nitrogens with one attached hydrogen (secondary N) is 1. The molecule has 6 heteroatoms. The summed E-state index contributed by atoms with van der Waals surface area (Å²) in [6.07, 6.45) is 6.01. The fourth-order valence-electron chi connectivity index (χ4n) is 4.05. The maximum Gasteiger partial charge on any atom is 0.329 e. The normalized spacial score (nSPS) is 27.0. The van der Waals surface area contributed by atoms with Gasteiger partial charge in [-0.05, 0) is 48.8 Å². The monoisotopic (exact) mass is 370 g/mol. The molecule has 2 aliphatic rings. The number of hydrogen-bond acceptors (Lipinski definition) is 3. The summed E-state index contributed by atoms with van der Waals surface area (Å²) in [4.78, 5) is 38.3. The average Bonchev–Trinajstić information content (AvgIpc) is 2.63. The lowest BCUT2D eigenvalue weighted by molar-refractivity contribution is -0.150. The van der Waals surface area contributed by atoms with Crippen LogP contribution in [0.3, 0.4) is 0 Å². The van der Waals surface area contributed by atoms with Crippen molar-refractivity contribution in [1.82, 2.24) is 10.2 Å². The molecule has 1 unspecified atom stereocenters. The first-order valence-corrected chi connectivity index (χ1v) is 9.43. The molecule has 1 atom stereocenters. The van der Waals surface area contributed by atoms with E-state index in [1.54, 1.807) is 6.20 Å². The number of aliphatic carboxylic acids is 1. The quantitative estimate of drug-likeness (QED) is 0.853. The minimum absolute atomic E-state index is 0.0333. The smallest absolute Gasteiger partial charge is 0.329 e. The second kappa shape index (κ2) is 7.55. The molecular weight excluding hydrogens is 344 g/mol. The highest BCUT2D eigenvalue weighted by molar-refractivity contribution is 5.88. The summed E-state index contributed by atoms with van der Waals surface area (Å²) in [6.45, 7) is 3.56. The second-order valence-corrected chi connectivity index (χ2v) is 7.71. The van der Waals surface area contributed by atoms with E-state index in [1.807, 2.05) is 30.3 Å². The third kappa shape index (κ3) is 3.89. The number of carboxylic acid groups (broad SMARTS) is 1. The Labute approximate surface area is 159 Å². The topological polar surface area (TPSA) is 86.7 Å². The molecule has 0 saturated heterocycles. The zero-order valence-electron chi connectivity index (χ0n) is 15.8. The maximum absolute atomic E-state index is 12.8. The van der Waals surface area contributed by atoms with Gasteiger partial charge in [0.1, 0.15) is 5.54 Å². The number of benzene rings is 1. The molecule has 2 amide bonds. The summed E-state index contributed by atoms with van der Waals surface area (Å²) in [7, 11) is 0. The Kier molecular flexibility index (Phi) is 5.35. The van der Waals surface area contributed by atoms with E-state index in [-0.39, 0.29) is 18.2 Å². The van der Waals surface area contributed by atoms with Gasteiger partial charge in [-0.15, -0.1) is 0 Å². The van der Waals surface area contributed by atoms with Crippen LogP contribution in [-0.4, -0.2) is 33.3 Å². The largest absolute Gasteiger partial charge is 0.480 e. The molecule has 0 bridgehead atoms. The molecule has 3 rings (SSSR count). The minimum atomic E-state index is -1.20. The van der Waals surface area contributed by atoms with Crippen molar-refractivity contribution in [3.8, 4) is 0 Å². The molecule has 0 aromatic heterocycles. The van der Waals surface area contributed by atoms with Crippen molar-refractivity contribution in [3.63, 3.8) is 0 Å². The van der Waals surface area contributed by atoms with Crippen LogP contribution in [0.5, 0.6) is 0 Å². The van der Waals surface area contributed by atoms with Crippen LogP contribution in [0, 0.1) is 5.92 Å². The molecule has 1 fully saturated rings. The van der Waals surface area contributed by atoms with Crippen LogP contribution in [0.4, 0.5) is 0 Å². The van der Waals surface area contributed by atoms with E-state index in [9.17, 15) is 19.5 Å². The van der Waals surface area contributed by atoms with Gasteiger partial charge in [0, 0.05) is 13.1 Å². The zero-order chi connectivity index (χ0) is 19.6. The fraction of sp³-hybridized carbons (Fsp3) is 0.476. The highest BCUT2D eigenvalue weighted by Gasteiger charge is 2.43. The molecular formula is C21H26N2O4. The minimum Gasteiger partial charge on any atom is -0.480 e. The highest BCUT2D eigenvalue weighted by Crippen LogP contribution is 2.35. The van der Waals surface area contributed by atoms with Gasteiger partial charge in [0.2, 0.25) is 11.8 Å². The Morgan fingerprint density at radius 1 is 1.22 bits per heavy atom. The van der Waals surface area contributed by atoms with E-state index in [0.717, 1.165) is 24.0 Å². The van der Waals surface area contributed by atoms with Crippen LogP contribution in [0.15, 0.2) is 30.5 Å². The lowest BCUT2D eigenvalue weighted by Crippen LogP contribution is -2.56. The first-order chi connectivity index (χ1) is 12.8. The molecule has 0 radical (unpaired) electrons. The van der Waals surface area contributed by atoms with Crippen molar-refractivity contribution in [1.29, 1.82) is 0 Å². The molecule has 1 aromatic carbocycles. The molecule has 1 saturated carbocycles. The van der Waals surface area contributed by atoms with Gasteiger partial charge in [0.15, 0.2) is 0 Å². The van der Waals surface area contributed by atoms with Gasteiger partial charge in [0.25, 0.3) is 0 Å². The lowest BCUT2D eigenvalue weighted by atomic mass is 9.77. The van der Waals surface area contributed by atoms with Gasteiger partial charge in [-0.25, -0.2) is 4.79 Å². The molecule has 1 heterocycles. The predicted octanol–water partition coefficient (Wildman–Crippen LogP) is 3.10. The summed E-state index contributed by atoms with van der Waals surface area (Å²) in [6, 6.07) is 7.20. The average molecular weight is 370 g/mol. The number of carbonyl (C=O) groups is 3. The van der Waals surface area contributed by atoms with Crippen LogP contribution in [0.2, 0.25) is 0 Å².